The number of unbranched alkanes of at least 4 members (excludes halogenated alkanes) is 2. The van der Waals surface area contributed by atoms with Gasteiger partial charge in [-0.2, -0.15) is 0 Å². The van der Waals surface area contributed by atoms with E-state index in [0.29, 0.717) is 17.6 Å². The Morgan fingerprint density at radius 3 is 2.53 bits per heavy atom. The predicted molar refractivity (Wildman–Crippen MR) is 74.4 cm³/mol. The third-order valence-corrected chi connectivity index (χ3v) is 3.94. The van der Waals surface area contributed by atoms with Crippen molar-refractivity contribution in [3.05, 3.63) is 0 Å². The minimum Gasteiger partial charge on any atom is -0.378 e. The molecular weight excluding hydrogens is 210 g/mol. The Balaban J connectivity index is 2.02. The van der Waals surface area contributed by atoms with Crippen molar-refractivity contribution in [3.63, 3.8) is 0 Å². The third-order valence-electron chi connectivity index (χ3n) is 3.94. The van der Waals surface area contributed by atoms with E-state index in [1.54, 1.807) is 0 Å². The van der Waals surface area contributed by atoms with Crippen LogP contribution in [-0.4, -0.2) is 25.8 Å². The van der Waals surface area contributed by atoms with Crippen molar-refractivity contribution in [1.29, 1.82) is 0 Å². The van der Waals surface area contributed by atoms with Gasteiger partial charge in [-0.1, -0.05) is 40.0 Å². The molecule has 1 aliphatic rings. The van der Waals surface area contributed by atoms with Gasteiger partial charge in [0.25, 0.3) is 0 Å². The normalized spacial score (nSPS) is 22.9. The fraction of sp³-hybridized carbons (Fsp3) is 1.00. The highest BCUT2D eigenvalue weighted by molar-refractivity contribution is 4.78. The Morgan fingerprint density at radius 1 is 1.24 bits per heavy atom. The molecule has 2 heteroatoms. The predicted octanol–water partition coefficient (Wildman–Crippen LogP) is 3.75. The first-order valence-corrected chi connectivity index (χ1v) is 7.33. The lowest BCUT2D eigenvalue weighted by molar-refractivity contribution is 0.102. The Morgan fingerprint density at radius 2 is 2.00 bits per heavy atom. The van der Waals surface area contributed by atoms with E-state index >= 15 is 0 Å². The van der Waals surface area contributed by atoms with E-state index in [2.05, 4.69) is 33.1 Å². The highest BCUT2D eigenvalue weighted by atomic mass is 16.5. The molecule has 0 bridgehead atoms. The molecule has 0 saturated carbocycles. The van der Waals surface area contributed by atoms with Gasteiger partial charge >= 0.3 is 0 Å². The molecule has 0 aromatic heterocycles. The van der Waals surface area contributed by atoms with Crippen LogP contribution in [0, 0.1) is 5.41 Å². The number of hydrogen-bond acceptors (Lipinski definition) is 2. The minimum atomic E-state index is 0.378. The first-order chi connectivity index (χ1) is 8.04. The van der Waals surface area contributed by atoms with Crippen molar-refractivity contribution in [2.24, 2.45) is 5.41 Å². The summed E-state index contributed by atoms with van der Waals surface area (Å²) in [6.07, 6.45) is 9.76. The van der Waals surface area contributed by atoms with Crippen molar-refractivity contribution in [1.82, 2.24) is 5.32 Å². The van der Waals surface area contributed by atoms with Crippen molar-refractivity contribution >= 4 is 0 Å². The van der Waals surface area contributed by atoms with Crippen molar-refractivity contribution in [3.8, 4) is 0 Å². The lowest BCUT2D eigenvalue weighted by Gasteiger charge is -2.30. The largest absolute Gasteiger partial charge is 0.378 e. The molecule has 17 heavy (non-hydrogen) atoms. The van der Waals surface area contributed by atoms with Gasteiger partial charge in [0.05, 0.1) is 6.10 Å². The van der Waals surface area contributed by atoms with Crippen LogP contribution in [0.4, 0.5) is 0 Å². The third kappa shape index (κ3) is 5.87. The molecular formula is C15H31NO. The van der Waals surface area contributed by atoms with Crippen LogP contribution < -0.4 is 5.32 Å². The number of nitrogens with one attached hydrogen (secondary N) is 1. The standard InChI is InChI=1S/C15H31NO/c1-15(2,3)14(16-4)11-7-5-6-9-13-10-8-12-17-13/h13-14,16H,5-12H2,1-4H3. The summed E-state index contributed by atoms with van der Waals surface area (Å²) in [4.78, 5) is 0. The van der Waals surface area contributed by atoms with Gasteiger partial charge in [-0.3, -0.25) is 0 Å². The highest BCUT2D eigenvalue weighted by Gasteiger charge is 2.22. The maximum absolute atomic E-state index is 5.64. The van der Waals surface area contributed by atoms with E-state index < -0.39 is 0 Å². The summed E-state index contributed by atoms with van der Waals surface area (Å²) < 4.78 is 5.64. The lowest BCUT2D eigenvalue weighted by Crippen LogP contribution is -2.37. The molecule has 0 amide bonds. The van der Waals surface area contributed by atoms with Crippen molar-refractivity contribution in [2.45, 2.75) is 77.9 Å². The average Bonchev–Trinajstić information content (AvgIpc) is 2.74. The summed E-state index contributed by atoms with van der Waals surface area (Å²) in [5, 5.41) is 3.45. The van der Waals surface area contributed by atoms with E-state index in [4.69, 9.17) is 4.74 Å². The summed E-state index contributed by atoms with van der Waals surface area (Å²) in [5.74, 6) is 0. The van der Waals surface area contributed by atoms with E-state index in [1.165, 1.54) is 44.9 Å². The fourth-order valence-corrected chi connectivity index (χ4v) is 2.78. The molecule has 1 heterocycles. The zero-order chi connectivity index (χ0) is 12.7. The van der Waals surface area contributed by atoms with Crippen LogP contribution in [0.25, 0.3) is 0 Å². The summed E-state index contributed by atoms with van der Waals surface area (Å²) in [7, 11) is 2.09. The molecule has 2 unspecified atom stereocenters. The second-order valence-electron chi connectivity index (χ2n) is 6.48. The summed E-state index contributed by atoms with van der Waals surface area (Å²) in [6, 6.07) is 0.644. The quantitative estimate of drug-likeness (QED) is 0.685. The number of hydrogen-bond donors (Lipinski definition) is 1. The monoisotopic (exact) mass is 241 g/mol. The Kier molecular flexibility index (Phi) is 6.50. The Hall–Kier alpha value is -0.0800. The van der Waals surface area contributed by atoms with Crippen LogP contribution in [0.5, 0.6) is 0 Å². The van der Waals surface area contributed by atoms with Crippen LogP contribution in [-0.2, 0) is 4.74 Å². The van der Waals surface area contributed by atoms with Gasteiger partial charge in [0.2, 0.25) is 0 Å². The molecule has 1 aliphatic heterocycles. The second kappa shape index (κ2) is 7.38. The average molecular weight is 241 g/mol. The molecule has 0 aromatic carbocycles. The van der Waals surface area contributed by atoms with E-state index in [1.807, 2.05) is 0 Å². The van der Waals surface area contributed by atoms with Gasteiger partial charge in [0.1, 0.15) is 0 Å². The first kappa shape index (κ1) is 15.0. The lowest BCUT2D eigenvalue weighted by atomic mass is 9.83. The van der Waals surface area contributed by atoms with Crippen LogP contribution in [0.1, 0.15) is 65.7 Å². The molecule has 1 saturated heterocycles. The molecule has 0 aliphatic carbocycles. The van der Waals surface area contributed by atoms with Gasteiger partial charge in [0.15, 0.2) is 0 Å². The van der Waals surface area contributed by atoms with Crippen LogP contribution in [0.15, 0.2) is 0 Å². The zero-order valence-electron chi connectivity index (χ0n) is 12.2. The van der Waals surface area contributed by atoms with Gasteiger partial charge < -0.3 is 10.1 Å². The maximum Gasteiger partial charge on any atom is 0.0576 e. The zero-order valence-corrected chi connectivity index (χ0v) is 12.2. The topological polar surface area (TPSA) is 21.3 Å². The van der Waals surface area contributed by atoms with Crippen LogP contribution in [0.2, 0.25) is 0 Å². The molecule has 1 rings (SSSR count). The highest BCUT2D eigenvalue weighted by Crippen LogP contribution is 2.24. The summed E-state index contributed by atoms with van der Waals surface area (Å²) in [5.41, 5.74) is 0.378. The molecule has 0 aromatic rings. The van der Waals surface area contributed by atoms with Crippen LogP contribution >= 0.6 is 0 Å². The van der Waals surface area contributed by atoms with Crippen LogP contribution in [0.3, 0.4) is 0 Å². The van der Waals surface area contributed by atoms with Gasteiger partial charge in [-0.05, 0) is 38.1 Å². The molecule has 2 atom stereocenters. The molecule has 1 fully saturated rings. The van der Waals surface area contributed by atoms with Gasteiger partial charge in [-0.15, -0.1) is 0 Å². The number of ether oxygens (including phenoxy) is 1. The molecule has 2 nitrogen and oxygen atoms in total. The summed E-state index contributed by atoms with van der Waals surface area (Å²) in [6.45, 7) is 7.96. The SMILES string of the molecule is CNC(CCCCCC1CCCO1)C(C)(C)C. The van der Waals surface area contributed by atoms with Gasteiger partial charge in [-0.25, -0.2) is 0 Å². The number of rotatable bonds is 7. The van der Waals surface area contributed by atoms with E-state index in [9.17, 15) is 0 Å². The summed E-state index contributed by atoms with van der Waals surface area (Å²) >= 11 is 0. The van der Waals surface area contributed by atoms with Gasteiger partial charge in [0, 0.05) is 12.6 Å². The first-order valence-electron chi connectivity index (χ1n) is 7.33. The molecule has 1 N–H and O–H groups in total. The second-order valence-corrected chi connectivity index (χ2v) is 6.48. The molecule has 102 valence electrons. The minimum absolute atomic E-state index is 0.378. The van der Waals surface area contributed by atoms with E-state index in [-0.39, 0.29) is 0 Å². The Bertz CT molecular complexity index is 192. The van der Waals surface area contributed by atoms with Crippen molar-refractivity contribution in [2.75, 3.05) is 13.7 Å². The van der Waals surface area contributed by atoms with Crippen molar-refractivity contribution < 1.29 is 4.74 Å². The Labute approximate surface area is 108 Å². The smallest absolute Gasteiger partial charge is 0.0576 e. The molecule has 0 spiro atoms. The van der Waals surface area contributed by atoms with E-state index in [0.717, 1.165) is 6.61 Å². The maximum atomic E-state index is 5.64. The molecule has 0 radical (unpaired) electrons. The fourth-order valence-electron chi connectivity index (χ4n) is 2.78.